The third-order valence-electron chi connectivity index (χ3n) is 7.19. The molecule has 5 rings (SSSR count). The number of ether oxygens (including phenoxy) is 4. The Morgan fingerprint density at radius 1 is 0.767 bits per heavy atom. The summed E-state index contributed by atoms with van der Waals surface area (Å²) in [6.07, 6.45) is 9.29. The topological polar surface area (TPSA) is 71.1 Å². The molecule has 43 heavy (non-hydrogen) atoms. The molecule has 0 spiro atoms. The van der Waals surface area contributed by atoms with Gasteiger partial charge in [-0.05, 0) is 66.1 Å². The number of hydrogen-bond donors (Lipinski definition) is 0. The van der Waals surface area contributed by atoms with Crippen molar-refractivity contribution in [2.24, 2.45) is 0 Å². The number of fused-ring (bicyclic) bond motifs is 3. The summed E-state index contributed by atoms with van der Waals surface area (Å²) in [4.78, 5) is 23.8. The third kappa shape index (κ3) is 6.87. The highest BCUT2D eigenvalue weighted by molar-refractivity contribution is 5.95. The van der Waals surface area contributed by atoms with E-state index in [1.807, 2.05) is 72.8 Å². The molecule has 0 aromatic heterocycles. The van der Waals surface area contributed by atoms with Gasteiger partial charge in [0, 0.05) is 29.5 Å². The molecular weight excluding hydrogens is 540 g/mol. The van der Waals surface area contributed by atoms with Gasteiger partial charge in [-0.1, -0.05) is 66.7 Å². The van der Waals surface area contributed by atoms with Gasteiger partial charge in [-0.25, -0.2) is 0 Å². The summed E-state index contributed by atoms with van der Waals surface area (Å²) >= 11 is 0. The lowest BCUT2D eigenvalue weighted by Gasteiger charge is -2.36. The Balaban J connectivity index is 1.40. The van der Waals surface area contributed by atoms with Crippen molar-refractivity contribution in [3.63, 3.8) is 0 Å². The molecule has 0 aliphatic carbocycles. The third-order valence-corrected chi connectivity index (χ3v) is 7.19. The van der Waals surface area contributed by atoms with Crippen LogP contribution < -0.4 is 14.2 Å². The molecule has 4 aromatic rings. The first kappa shape index (κ1) is 29.4. The molecule has 4 aromatic carbocycles. The van der Waals surface area contributed by atoms with E-state index >= 15 is 0 Å². The van der Waals surface area contributed by atoms with E-state index in [1.165, 1.54) is 0 Å². The van der Waals surface area contributed by atoms with Gasteiger partial charge in [0.2, 0.25) is 0 Å². The van der Waals surface area contributed by atoms with E-state index in [0.29, 0.717) is 30.8 Å². The van der Waals surface area contributed by atoms with Crippen molar-refractivity contribution in [1.29, 1.82) is 0 Å². The molecule has 1 aliphatic heterocycles. The molecule has 0 saturated heterocycles. The Kier molecular flexibility index (Phi) is 9.37. The Hall–Kier alpha value is -5.10. The second kappa shape index (κ2) is 13.7. The summed E-state index contributed by atoms with van der Waals surface area (Å²) in [5.41, 5.74) is 1.91. The van der Waals surface area contributed by atoms with Crippen LogP contribution in [0.4, 0.5) is 0 Å². The number of carbonyl (C=O) groups is 2. The second-order valence-corrected chi connectivity index (χ2v) is 10.1. The predicted octanol–water partition coefficient (Wildman–Crippen LogP) is 7.95. The van der Waals surface area contributed by atoms with E-state index < -0.39 is 5.60 Å². The minimum absolute atomic E-state index is 0.177. The fourth-order valence-electron chi connectivity index (χ4n) is 5.00. The molecule has 1 unspecified atom stereocenters. The second-order valence-electron chi connectivity index (χ2n) is 10.1. The largest absolute Gasteiger partial charge is 0.490 e. The summed E-state index contributed by atoms with van der Waals surface area (Å²) < 4.78 is 23.5. The Bertz CT molecular complexity index is 1640. The quantitative estimate of drug-likeness (QED) is 0.0699. The van der Waals surface area contributed by atoms with Crippen LogP contribution in [0.3, 0.4) is 0 Å². The van der Waals surface area contributed by atoms with Crippen molar-refractivity contribution in [3.8, 4) is 17.2 Å². The molecule has 1 atom stereocenters. The lowest BCUT2D eigenvalue weighted by molar-refractivity contribution is -0.144. The number of esters is 2. The molecule has 218 valence electrons. The van der Waals surface area contributed by atoms with Crippen LogP contribution in [0, 0.1) is 0 Å². The van der Waals surface area contributed by atoms with E-state index in [2.05, 4.69) is 25.3 Å². The van der Waals surface area contributed by atoms with Gasteiger partial charge in [-0.2, -0.15) is 0 Å². The van der Waals surface area contributed by atoms with Crippen LogP contribution in [-0.2, 0) is 19.9 Å². The first-order valence-electron chi connectivity index (χ1n) is 14.3. The van der Waals surface area contributed by atoms with Gasteiger partial charge in [0.15, 0.2) is 5.60 Å². The highest BCUT2D eigenvalue weighted by Crippen LogP contribution is 2.44. The zero-order chi connectivity index (χ0) is 30.1. The van der Waals surface area contributed by atoms with Gasteiger partial charge in [0.25, 0.3) is 0 Å². The van der Waals surface area contributed by atoms with E-state index in [9.17, 15) is 9.59 Å². The summed E-state index contributed by atoms with van der Waals surface area (Å²) in [6, 6.07) is 27.4. The van der Waals surface area contributed by atoms with Crippen molar-refractivity contribution in [2.75, 3.05) is 13.2 Å². The molecule has 0 N–H and O–H groups in total. The monoisotopic (exact) mass is 574 g/mol. The molecule has 6 nitrogen and oxygen atoms in total. The fourth-order valence-corrected chi connectivity index (χ4v) is 5.00. The summed E-state index contributed by atoms with van der Waals surface area (Å²) in [6.45, 7) is 7.70. The number of carbonyl (C=O) groups excluding carboxylic acids is 2. The maximum Gasteiger partial charge on any atom is 0.311 e. The van der Waals surface area contributed by atoms with Crippen molar-refractivity contribution >= 4 is 28.8 Å². The van der Waals surface area contributed by atoms with Crippen LogP contribution in [0.1, 0.15) is 42.4 Å². The summed E-state index contributed by atoms with van der Waals surface area (Å²) in [7, 11) is 0. The van der Waals surface area contributed by atoms with Crippen LogP contribution in [-0.4, -0.2) is 25.2 Å². The van der Waals surface area contributed by atoms with Crippen LogP contribution in [0.2, 0.25) is 0 Å². The Morgan fingerprint density at radius 2 is 1.44 bits per heavy atom. The smallest absolute Gasteiger partial charge is 0.311 e. The molecule has 0 fully saturated rings. The van der Waals surface area contributed by atoms with Gasteiger partial charge in [0.1, 0.15) is 30.5 Å². The van der Waals surface area contributed by atoms with Crippen molar-refractivity contribution in [3.05, 3.63) is 133 Å². The van der Waals surface area contributed by atoms with Gasteiger partial charge in [0.05, 0.1) is 0 Å². The molecule has 0 radical (unpaired) electrons. The molecule has 1 aliphatic rings. The average Bonchev–Trinajstić information content (AvgIpc) is 3.05. The number of rotatable bonds is 13. The number of allylic oxidation sites excluding steroid dienone is 2. The van der Waals surface area contributed by atoms with Gasteiger partial charge >= 0.3 is 11.9 Å². The first-order chi connectivity index (χ1) is 21.0. The molecular formula is C37H34O6. The maximum atomic E-state index is 12.1. The standard InChI is InChI=1S/C37H34O6/c1-3-5-12-35(38)41-25-24-40-31-18-14-27-15-21-34-32(33(27)26-31)22-23-37(43-34,28-10-8-7-9-11-28)29-16-19-30(20-17-29)42-36(39)13-6-4-2/h3-4,7-11,14-23,26H,1-2,5-6,12-13,24-25H2. The van der Waals surface area contributed by atoms with Gasteiger partial charge in [-0.3, -0.25) is 9.59 Å². The van der Waals surface area contributed by atoms with E-state index in [1.54, 1.807) is 24.3 Å². The molecule has 0 bridgehead atoms. The first-order valence-corrected chi connectivity index (χ1v) is 14.3. The summed E-state index contributed by atoms with van der Waals surface area (Å²) in [5.74, 6) is 1.32. The van der Waals surface area contributed by atoms with Gasteiger partial charge in [-0.15, -0.1) is 13.2 Å². The Morgan fingerprint density at radius 3 is 2.19 bits per heavy atom. The predicted molar refractivity (Wildman–Crippen MR) is 168 cm³/mol. The minimum Gasteiger partial charge on any atom is -0.490 e. The van der Waals surface area contributed by atoms with E-state index in [0.717, 1.165) is 33.2 Å². The summed E-state index contributed by atoms with van der Waals surface area (Å²) in [5, 5.41) is 2.03. The maximum absolute atomic E-state index is 12.1. The minimum atomic E-state index is -0.892. The van der Waals surface area contributed by atoms with Gasteiger partial charge < -0.3 is 18.9 Å². The highest BCUT2D eigenvalue weighted by atomic mass is 16.6. The molecule has 0 amide bonds. The van der Waals surface area contributed by atoms with Crippen molar-refractivity contribution in [1.82, 2.24) is 0 Å². The zero-order valence-electron chi connectivity index (χ0n) is 24.0. The van der Waals surface area contributed by atoms with Crippen molar-refractivity contribution in [2.45, 2.75) is 31.3 Å². The van der Waals surface area contributed by atoms with Crippen LogP contribution in [0.5, 0.6) is 17.2 Å². The average molecular weight is 575 g/mol. The number of benzene rings is 4. The van der Waals surface area contributed by atoms with E-state index in [4.69, 9.17) is 18.9 Å². The van der Waals surface area contributed by atoms with Crippen LogP contribution in [0.25, 0.3) is 16.8 Å². The SMILES string of the molecule is C=CCCC(=O)OCCOc1ccc2ccc3c(c2c1)C=CC(c1ccccc1)(c1ccc(OC(=O)CCC=C)cc1)O3. The fraction of sp³-hybridized carbons (Fsp3) is 0.189. The van der Waals surface area contributed by atoms with Crippen LogP contribution >= 0.6 is 0 Å². The Labute approximate surface area is 251 Å². The lowest BCUT2D eigenvalue weighted by Crippen LogP contribution is -2.34. The van der Waals surface area contributed by atoms with E-state index in [-0.39, 0.29) is 31.6 Å². The molecule has 1 heterocycles. The van der Waals surface area contributed by atoms with Crippen molar-refractivity contribution < 1.29 is 28.5 Å². The zero-order valence-corrected chi connectivity index (χ0v) is 24.0. The lowest BCUT2D eigenvalue weighted by atomic mass is 9.83. The number of hydrogen-bond acceptors (Lipinski definition) is 6. The highest BCUT2D eigenvalue weighted by Gasteiger charge is 2.37. The molecule has 0 saturated carbocycles. The molecule has 6 heteroatoms. The normalized spacial score (nSPS) is 15.2. The van der Waals surface area contributed by atoms with Crippen LogP contribution in [0.15, 0.2) is 116 Å².